The highest BCUT2D eigenvalue weighted by atomic mass is 19.4. The summed E-state index contributed by atoms with van der Waals surface area (Å²) in [6, 6.07) is 4.21. The lowest BCUT2D eigenvalue weighted by Gasteiger charge is -2.26. The van der Waals surface area contributed by atoms with Gasteiger partial charge in [0.15, 0.2) is 17.7 Å². The summed E-state index contributed by atoms with van der Waals surface area (Å²) in [4.78, 5) is 12.9. The first kappa shape index (κ1) is 16.5. The van der Waals surface area contributed by atoms with Crippen LogP contribution in [0.2, 0.25) is 0 Å². The van der Waals surface area contributed by atoms with Crippen LogP contribution in [-0.2, 0) is 16.0 Å². The maximum atomic E-state index is 13.6. The molecular weight excluding hydrogens is 306 g/mol. The third-order valence-electron chi connectivity index (χ3n) is 3.24. The molecule has 0 spiro atoms. The van der Waals surface area contributed by atoms with Gasteiger partial charge < -0.3 is 14.4 Å². The lowest BCUT2D eigenvalue weighted by atomic mass is 10.1. The number of methoxy groups -OCH3 is 1. The largest absolute Gasteiger partial charge is 0.477 e. The Labute approximate surface area is 124 Å². The van der Waals surface area contributed by atoms with Crippen LogP contribution in [0.1, 0.15) is 5.56 Å². The number of benzene rings is 1. The van der Waals surface area contributed by atoms with Gasteiger partial charge in [-0.1, -0.05) is 12.1 Å². The maximum absolute atomic E-state index is 13.6. The SMILES string of the molecule is COCCN(CC(F)(F)F)C(=O)[C@@H]1Cc2cccc(F)c2O1. The molecule has 4 nitrogen and oxygen atoms in total. The van der Waals surface area contributed by atoms with Crippen molar-refractivity contribution in [2.24, 2.45) is 0 Å². The molecule has 0 saturated heterocycles. The second-order valence-corrected chi connectivity index (χ2v) is 4.91. The lowest BCUT2D eigenvalue weighted by Crippen LogP contribution is -2.47. The van der Waals surface area contributed by atoms with Gasteiger partial charge in [-0.15, -0.1) is 0 Å². The Balaban J connectivity index is 2.10. The molecular formula is C14H15F4NO3. The van der Waals surface area contributed by atoms with Gasteiger partial charge in [0.1, 0.15) is 6.54 Å². The Hall–Kier alpha value is -1.83. The molecule has 0 aromatic heterocycles. The fourth-order valence-electron chi connectivity index (χ4n) is 2.26. The monoisotopic (exact) mass is 321 g/mol. The van der Waals surface area contributed by atoms with Gasteiger partial charge in [-0.2, -0.15) is 13.2 Å². The maximum Gasteiger partial charge on any atom is 0.406 e. The fraction of sp³-hybridized carbons (Fsp3) is 0.500. The number of nitrogens with zero attached hydrogens (tertiary/aromatic N) is 1. The topological polar surface area (TPSA) is 38.8 Å². The molecule has 8 heteroatoms. The molecule has 22 heavy (non-hydrogen) atoms. The zero-order valence-corrected chi connectivity index (χ0v) is 11.8. The van der Waals surface area contributed by atoms with Crippen LogP contribution in [0.15, 0.2) is 18.2 Å². The van der Waals surface area contributed by atoms with Crippen LogP contribution >= 0.6 is 0 Å². The van der Waals surface area contributed by atoms with Crippen LogP contribution in [0.5, 0.6) is 5.75 Å². The molecule has 1 aromatic carbocycles. The first-order chi connectivity index (χ1) is 10.3. The van der Waals surface area contributed by atoms with E-state index in [1.54, 1.807) is 6.07 Å². The van der Waals surface area contributed by atoms with Gasteiger partial charge in [0, 0.05) is 25.6 Å². The van der Waals surface area contributed by atoms with Crippen molar-refractivity contribution in [1.29, 1.82) is 0 Å². The molecule has 0 aliphatic carbocycles. The Morgan fingerprint density at radius 2 is 2.18 bits per heavy atom. The number of hydrogen-bond donors (Lipinski definition) is 0. The van der Waals surface area contributed by atoms with Gasteiger partial charge in [-0.3, -0.25) is 4.79 Å². The normalized spacial score (nSPS) is 17.0. The number of halogens is 4. The van der Waals surface area contributed by atoms with E-state index < -0.39 is 30.5 Å². The minimum atomic E-state index is -4.53. The summed E-state index contributed by atoms with van der Waals surface area (Å²) in [6.07, 6.45) is -5.63. The molecule has 0 bridgehead atoms. The van der Waals surface area contributed by atoms with Crippen molar-refractivity contribution in [2.45, 2.75) is 18.7 Å². The number of carbonyl (C=O) groups is 1. The van der Waals surface area contributed by atoms with E-state index in [1.807, 2.05) is 0 Å². The number of ether oxygens (including phenoxy) is 2. The summed E-state index contributed by atoms with van der Waals surface area (Å²) in [7, 11) is 1.33. The summed E-state index contributed by atoms with van der Waals surface area (Å²) in [5.74, 6) is -1.53. The van der Waals surface area contributed by atoms with Crippen molar-refractivity contribution in [3.63, 3.8) is 0 Å². The van der Waals surface area contributed by atoms with Crippen LogP contribution in [0.25, 0.3) is 0 Å². The molecule has 2 rings (SSSR count). The van der Waals surface area contributed by atoms with Crippen molar-refractivity contribution in [2.75, 3.05) is 26.8 Å². The van der Waals surface area contributed by atoms with Gasteiger partial charge in [-0.25, -0.2) is 4.39 Å². The molecule has 1 amide bonds. The predicted octanol–water partition coefficient (Wildman–Crippen LogP) is 2.17. The highest BCUT2D eigenvalue weighted by molar-refractivity contribution is 5.82. The second kappa shape index (κ2) is 6.51. The molecule has 0 fully saturated rings. The van der Waals surface area contributed by atoms with E-state index in [-0.39, 0.29) is 25.3 Å². The molecule has 1 aliphatic rings. The van der Waals surface area contributed by atoms with Crippen LogP contribution < -0.4 is 4.74 Å². The molecule has 1 aliphatic heterocycles. The van der Waals surface area contributed by atoms with Gasteiger partial charge in [0.05, 0.1) is 6.61 Å². The molecule has 1 heterocycles. The van der Waals surface area contributed by atoms with E-state index in [1.165, 1.54) is 19.2 Å². The molecule has 1 atom stereocenters. The Kier molecular flexibility index (Phi) is 4.90. The van der Waals surface area contributed by atoms with Crippen LogP contribution in [-0.4, -0.2) is 49.9 Å². The summed E-state index contributed by atoms with van der Waals surface area (Å²) in [5.41, 5.74) is 0.469. The quantitative estimate of drug-likeness (QED) is 0.780. The fourth-order valence-corrected chi connectivity index (χ4v) is 2.26. The average molecular weight is 321 g/mol. The number of carbonyl (C=O) groups excluding carboxylic acids is 1. The molecule has 1 aromatic rings. The van der Waals surface area contributed by atoms with Crippen molar-refractivity contribution in [3.05, 3.63) is 29.6 Å². The number of fused-ring (bicyclic) bond motifs is 1. The first-order valence-corrected chi connectivity index (χ1v) is 6.60. The van der Waals surface area contributed by atoms with Crippen LogP contribution in [0.4, 0.5) is 17.6 Å². The number of amides is 1. The molecule has 122 valence electrons. The van der Waals surface area contributed by atoms with Crippen molar-refractivity contribution in [1.82, 2.24) is 4.90 Å². The smallest absolute Gasteiger partial charge is 0.406 e. The highest BCUT2D eigenvalue weighted by Gasteiger charge is 2.38. The van der Waals surface area contributed by atoms with Gasteiger partial charge in [0.2, 0.25) is 0 Å². The molecule has 0 saturated carbocycles. The average Bonchev–Trinajstić information content (AvgIpc) is 2.87. The van der Waals surface area contributed by atoms with E-state index in [0.717, 1.165) is 0 Å². The van der Waals surface area contributed by atoms with E-state index in [4.69, 9.17) is 9.47 Å². The molecule has 0 radical (unpaired) electrons. The van der Waals surface area contributed by atoms with E-state index >= 15 is 0 Å². The van der Waals surface area contributed by atoms with Gasteiger partial charge in [-0.05, 0) is 6.07 Å². The number of rotatable bonds is 5. The van der Waals surface area contributed by atoms with Crippen LogP contribution in [0.3, 0.4) is 0 Å². The minimum Gasteiger partial charge on any atom is -0.477 e. The lowest BCUT2D eigenvalue weighted by molar-refractivity contribution is -0.166. The molecule has 0 N–H and O–H groups in total. The Morgan fingerprint density at radius 1 is 1.45 bits per heavy atom. The Bertz CT molecular complexity index is 547. The summed E-state index contributed by atoms with van der Waals surface area (Å²) >= 11 is 0. The van der Waals surface area contributed by atoms with Gasteiger partial charge >= 0.3 is 6.18 Å². The standard InChI is InChI=1S/C14H15F4NO3/c1-21-6-5-19(8-14(16,17)18)13(20)11-7-9-3-2-4-10(15)12(9)22-11/h2-4,11H,5-8H2,1H3/t11-/m0/s1. The van der Waals surface area contributed by atoms with Crippen LogP contribution in [0, 0.1) is 5.82 Å². The minimum absolute atomic E-state index is 0.0319. The summed E-state index contributed by atoms with van der Waals surface area (Å²) in [6.45, 7) is -1.64. The second-order valence-electron chi connectivity index (χ2n) is 4.91. The number of hydrogen-bond acceptors (Lipinski definition) is 3. The summed E-state index contributed by atoms with van der Waals surface area (Å²) in [5, 5.41) is 0. The van der Waals surface area contributed by atoms with Crippen molar-refractivity contribution < 1.29 is 31.8 Å². The van der Waals surface area contributed by atoms with E-state index in [9.17, 15) is 22.4 Å². The third kappa shape index (κ3) is 3.88. The number of para-hydroxylation sites is 1. The Morgan fingerprint density at radius 3 is 2.77 bits per heavy atom. The first-order valence-electron chi connectivity index (χ1n) is 6.60. The van der Waals surface area contributed by atoms with Crippen molar-refractivity contribution in [3.8, 4) is 5.75 Å². The van der Waals surface area contributed by atoms with Gasteiger partial charge in [0.25, 0.3) is 5.91 Å². The number of alkyl halides is 3. The zero-order chi connectivity index (χ0) is 16.3. The zero-order valence-electron chi connectivity index (χ0n) is 11.8. The molecule has 0 unspecified atom stereocenters. The van der Waals surface area contributed by atoms with Crippen molar-refractivity contribution >= 4 is 5.91 Å². The van der Waals surface area contributed by atoms with E-state index in [2.05, 4.69) is 0 Å². The highest BCUT2D eigenvalue weighted by Crippen LogP contribution is 2.32. The predicted molar refractivity (Wildman–Crippen MR) is 69.0 cm³/mol. The van der Waals surface area contributed by atoms with E-state index in [0.29, 0.717) is 10.5 Å². The third-order valence-corrected chi connectivity index (χ3v) is 3.24. The summed E-state index contributed by atoms with van der Waals surface area (Å²) < 4.78 is 61.2.